The lowest BCUT2D eigenvalue weighted by Gasteiger charge is -2.44. The predicted octanol–water partition coefficient (Wildman–Crippen LogP) is 3.53. The molecule has 1 aliphatic rings. The van der Waals surface area contributed by atoms with Crippen LogP contribution < -0.4 is 0 Å². The number of carbonyl (C=O) groups is 2. The van der Waals surface area contributed by atoms with Crippen molar-refractivity contribution in [3.05, 3.63) is 11.6 Å². The van der Waals surface area contributed by atoms with E-state index in [2.05, 4.69) is 25.5 Å². The fourth-order valence-corrected chi connectivity index (χ4v) is 2.96. The number of hydrogen-bond acceptors (Lipinski definition) is 3. The van der Waals surface area contributed by atoms with E-state index in [1.807, 2.05) is 6.92 Å². The highest BCUT2D eigenvalue weighted by Gasteiger charge is 2.42. The number of carbonyl (C=O) groups excluding carboxylic acids is 2. The van der Waals surface area contributed by atoms with Crippen molar-refractivity contribution in [2.24, 2.45) is 17.3 Å². The van der Waals surface area contributed by atoms with E-state index < -0.39 is 0 Å². The van der Waals surface area contributed by atoms with Crippen molar-refractivity contribution >= 4 is 11.8 Å². The van der Waals surface area contributed by atoms with Crippen LogP contribution in [-0.4, -0.2) is 18.9 Å². The topological polar surface area (TPSA) is 43.4 Å². The lowest BCUT2D eigenvalue weighted by atomic mass is 9.59. The lowest BCUT2D eigenvalue weighted by Crippen LogP contribution is -2.41. The van der Waals surface area contributed by atoms with Gasteiger partial charge in [0.05, 0.1) is 7.11 Å². The molecule has 0 aromatic heterocycles. The number of methoxy groups -OCH3 is 1. The third kappa shape index (κ3) is 3.68. The van der Waals surface area contributed by atoms with Gasteiger partial charge in [0, 0.05) is 18.4 Å². The summed E-state index contributed by atoms with van der Waals surface area (Å²) in [5, 5.41) is 0. The van der Waals surface area contributed by atoms with Gasteiger partial charge in [-0.1, -0.05) is 26.3 Å². The van der Waals surface area contributed by atoms with Crippen LogP contribution in [0.1, 0.15) is 53.4 Å². The van der Waals surface area contributed by atoms with Crippen LogP contribution in [0.25, 0.3) is 0 Å². The van der Waals surface area contributed by atoms with Gasteiger partial charge < -0.3 is 4.74 Å². The SMILES string of the molecule is COC(=O)C=C(C)CC[C@@]1(C)[C@H](C)CCC(=O)[C@@H]1C. The molecule has 0 aromatic carbocycles. The van der Waals surface area contributed by atoms with Crippen molar-refractivity contribution in [2.45, 2.75) is 53.4 Å². The molecule has 108 valence electrons. The minimum atomic E-state index is -0.302. The van der Waals surface area contributed by atoms with Gasteiger partial charge in [-0.2, -0.15) is 0 Å². The molecule has 0 aliphatic heterocycles. The average Bonchev–Trinajstić information content (AvgIpc) is 2.38. The summed E-state index contributed by atoms with van der Waals surface area (Å²) in [5.41, 5.74) is 1.06. The average molecular weight is 266 g/mol. The van der Waals surface area contributed by atoms with E-state index in [1.54, 1.807) is 6.08 Å². The standard InChI is InChI=1S/C16H26O3/c1-11(10-15(18)19-5)8-9-16(4)12(2)6-7-14(17)13(16)3/h10,12-13H,6-9H2,1-5H3/t12-,13+,16+/m1/s1. The maximum Gasteiger partial charge on any atom is 0.330 e. The number of hydrogen-bond donors (Lipinski definition) is 0. The van der Waals surface area contributed by atoms with Gasteiger partial charge in [-0.05, 0) is 37.5 Å². The number of ketones is 1. The predicted molar refractivity (Wildman–Crippen MR) is 75.7 cm³/mol. The summed E-state index contributed by atoms with van der Waals surface area (Å²) in [6.07, 6.45) is 5.03. The van der Waals surface area contributed by atoms with E-state index in [4.69, 9.17) is 0 Å². The zero-order chi connectivity index (χ0) is 14.6. The Labute approximate surface area is 116 Å². The van der Waals surface area contributed by atoms with Crippen LogP contribution in [0.4, 0.5) is 0 Å². The summed E-state index contributed by atoms with van der Waals surface area (Å²) < 4.78 is 4.63. The third-order valence-electron chi connectivity index (χ3n) is 5.05. The molecule has 0 aromatic rings. The van der Waals surface area contributed by atoms with E-state index in [1.165, 1.54) is 7.11 Å². The van der Waals surface area contributed by atoms with Gasteiger partial charge in [-0.3, -0.25) is 4.79 Å². The molecule has 0 bridgehead atoms. The molecule has 19 heavy (non-hydrogen) atoms. The second-order valence-electron chi connectivity index (χ2n) is 6.15. The Morgan fingerprint density at radius 1 is 1.47 bits per heavy atom. The minimum Gasteiger partial charge on any atom is -0.466 e. The molecule has 3 heteroatoms. The van der Waals surface area contributed by atoms with Crippen LogP contribution in [0.15, 0.2) is 11.6 Å². The van der Waals surface area contributed by atoms with Gasteiger partial charge in [0.1, 0.15) is 5.78 Å². The molecule has 0 amide bonds. The first kappa shape index (κ1) is 15.9. The smallest absolute Gasteiger partial charge is 0.330 e. The Hall–Kier alpha value is -1.12. The molecule has 0 spiro atoms. The van der Waals surface area contributed by atoms with E-state index in [9.17, 15) is 9.59 Å². The molecule has 0 heterocycles. The summed E-state index contributed by atoms with van der Waals surface area (Å²) in [6.45, 7) is 8.45. The van der Waals surface area contributed by atoms with Gasteiger partial charge in [0.15, 0.2) is 0 Å². The highest BCUT2D eigenvalue weighted by molar-refractivity contribution is 5.83. The zero-order valence-corrected chi connectivity index (χ0v) is 12.8. The number of allylic oxidation sites excluding steroid dienone is 1. The van der Waals surface area contributed by atoms with Crippen molar-refractivity contribution in [1.82, 2.24) is 0 Å². The Balaban J connectivity index is 2.70. The molecule has 0 saturated heterocycles. The van der Waals surface area contributed by atoms with E-state index in [0.717, 1.165) is 31.3 Å². The summed E-state index contributed by atoms with van der Waals surface area (Å²) >= 11 is 0. The third-order valence-corrected chi connectivity index (χ3v) is 5.05. The Morgan fingerprint density at radius 3 is 2.68 bits per heavy atom. The molecular formula is C16H26O3. The van der Waals surface area contributed by atoms with Crippen LogP contribution >= 0.6 is 0 Å². The highest BCUT2D eigenvalue weighted by Crippen LogP contribution is 2.47. The van der Waals surface area contributed by atoms with Gasteiger partial charge >= 0.3 is 5.97 Å². The normalized spacial score (nSPS) is 32.3. The number of ether oxygens (including phenoxy) is 1. The van der Waals surface area contributed by atoms with Gasteiger partial charge in [-0.15, -0.1) is 0 Å². The molecule has 0 N–H and O–H groups in total. The molecule has 1 aliphatic carbocycles. The van der Waals surface area contributed by atoms with Gasteiger partial charge in [-0.25, -0.2) is 4.79 Å². The number of esters is 1. The largest absolute Gasteiger partial charge is 0.466 e. The van der Waals surface area contributed by atoms with Crippen LogP contribution in [0, 0.1) is 17.3 Å². The molecule has 1 saturated carbocycles. The van der Waals surface area contributed by atoms with Crippen molar-refractivity contribution in [3.63, 3.8) is 0 Å². The van der Waals surface area contributed by atoms with Gasteiger partial charge in [0.25, 0.3) is 0 Å². The fraction of sp³-hybridized carbons (Fsp3) is 0.750. The monoisotopic (exact) mass is 266 g/mol. The number of rotatable bonds is 4. The van der Waals surface area contributed by atoms with Crippen molar-refractivity contribution in [2.75, 3.05) is 7.11 Å². The summed E-state index contributed by atoms with van der Waals surface area (Å²) in [4.78, 5) is 23.1. The quantitative estimate of drug-likeness (QED) is 0.577. The van der Waals surface area contributed by atoms with E-state index in [-0.39, 0.29) is 17.3 Å². The molecule has 1 fully saturated rings. The molecule has 0 unspecified atom stereocenters. The van der Waals surface area contributed by atoms with Gasteiger partial charge in [0.2, 0.25) is 0 Å². The second kappa shape index (κ2) is 6.36. The first-order valence-corrected chi connectivity index (χ1v) is 7.09. The molecular weight excluding hydrogens is 240 g/mol. The Bertz CT molecular complexity index is 383. The molecule has 3 nitrogen and oxygen atoms in total. The van der Waals surface area contributed by atoms with Crippen LogP contribution in [0.2, 0.25) is 0 Å². The first-order chi connectivity index (χ1) is 8.81. The Kier molecular flexibility index (Phi) is 5.33. The van der Waals surface area contributed by atoms with Crippen molar-refractivity contribution in [3.8, 4) is 0 Å². The first-order valence-electron chi connectivity index (χ1n) is 7.09. The van der Waals surface area contributed by atoms with Crippen molar-refractivity contribution in [1.29, 1.82) is 0 Å². The minimum absolute atomic E-state index is 0.0422. The Morgan fingerprint density at radius 2 is 2.11 bits per heavy atom. The summed E-state index contributed by atoms with van der Waals surface area (Å²) in [6, 6.07) is 0. The van der Waals surface area contributed by atoms with E-state index in [0.29, 0.717) is 11.7 Å². The second-order valence-corrected chi connectivity index (χ2v) is 6.15. The number of Topliss-reactive ketones (excluding diaryl/α,β-unsaturated/α-hetero) is 1. The summed E-state index contributed by atoms with van der Waals surface area (Å²) in [5.74, 6) is 0.743. The zero-order valence-electron chi connectivity index (χ0n) is 12.8. The maximum atomic E-state index is 11.9. The highest BCUT2D eigenvalue weighted by atomic mass is 16.5. The molecule has 0 radical (unpaired) electrons. The van der Waals surface area contributed by atoms with Crippen LogP contribution in [0.5, 0.6) is 0 Å². The van der Waals surface area contributed by atoms with Crippen LogP contribution in [0.3, 0.4) is 0 Å². The van der Waals surface area contributed by atoms with E-state index >= 15 is 0 Å². The molecule has 1 rings (SSSR count). The maximum absolute atomic E-state index is 11.9. The fourth-order valence-electron chi connectivity index (χ4n) is 2.96. The lowest BCUT2D eigenvalue weighted by molar-refractivity contribution is -0.135. The van der Waals surface area contributed by atoms with Crippen LogP contribution in [-0.2, 0) is 14.3 Å². The summed E-state index contributed by atoms with van der Waals surface area (Å²) in [7, 11) is 1.39. The molecule has 3 atom stereocenters. The van der Waals surface area contributed by atoms with Crippen molar-refractivity contribution < 1.29 is 14.3 Å².